The minimum atomic E-state index is -0.518. The van der Waals surface area contributed by atoms with Crippen LogP contribution in [0.3, 0.4) is 0 Å². The van der Waals surface area contributed by atoms with Gasteiger partial charge in [-0.1, -0.05) is 49.6 Å². The third-order valence-electron chi connectivity index (χ3n) is 3.85. The summed E-state index contributed by atoms with van der Waals surface area (Å²) in [5, 5.41) is 0. The highest BCUT2D eigenvalue weighted by molar-refractivity contribution is 5.97. The van der Waals surface area contributed by atoms with Crippen molar-refractivity contribution in [2.75, 3.05) is 0 Å². The van der Waals surface area contributed by atoms with Crippen LogP contribution in [0.25, 0.3) is 0 Å². The molecule has 0 bridgehead atoms. The number of aryl methyl sites for hydroxylation is 1. The Hall–Kier alpha value is -1.64. The Kier molecular flexibility index (Phi) is 4.94. The molecule has 0 radical (unpaired) electrons. The van der Waals surface area contributed by atoms with Gasteiger partial charge in [-0.15, -0.1) is 0 Å². The molecule has 0 aromatic heterocycles. The van der Waals surface area contributed by atoms with E-state index in [0.717, 1.165) is 24.8 Å². The summed E-state index contributed by atoms with van der Waals surface area (Å²) in [4.78, 5) is 23.6. The second kappa shape index (κ2) is 6.69. The fourth-order valence-corrected chi connectivity index (χ4v) is 2.45. The van der Waals surface area contributed by atoms with E-state index in [1.165, 1.54) is 5.56 Å². The molecular formula is C17H22O3. The van der Waals surface area contributed by atoms with Crippen molar-refractivity contribution in [2.45, 2.75) is 58.0 Å². The van der Waals surface area contributed by atoms with Crippen LogP contribution in [0, 0.1) is 6.92 Å². The number of hydrogen-bond acceptors (Lipinski definition) is 3. The van der Waals surface area contributed by atoms with Crippen LogP contribution in [0.15, 0.2) is 24.3 Å². The van der Waals surface area contributed by atoms with Crippen molar-refractivity contribution in [3.05, 3.63) is 35.4 Å². The largest absolute Gasteiger partial charge is 0.454 e. The number of ketones is 1. The maximum Gasteiger partial charge on any atom is 0.306 e. The van der Waals surface area contributed by atoms with E-state index in [1.807, 2.05) is 31.2 Å². The van der Waals surface area contributed by atoms with Crippen LogP contribution >= 0.6 is 0 Å². The molecule has 0 heterocycles. The molecule has 2 unspecified atom stereocenters. The molecular weight excluding hydrogens is 252 g/mol. The van der Waals surface area contributed by atoms with E-state index in [4.69, 9.17) is 4.74 Å². The van der Waals surface area contributed by atoms with Gasteiger partial charge in [0.15, 0.2) is 11.9 Å². The molecule has 1 aliphatic carbocycles. The maximum atomic E-state index is 12.0. The Bertz CT molecular complexity index is 476. The van der Waals surface area contributed by atoms with Gasteiger partial charge in [0, 0.05) is 12.8 Å². The van der Waals surface area contributed by atoms with E-state index in [-0.39, 0.29) is 17.7 Å². The Balaban J connectivity index is 1.80. The lowest BCUT2D eigenvalue weighted by molar-refractivity contribution is -0.162. The quantitative estimate of drug-likeness (QED) is 0.588. The topological polar surface area (TPSA) is 43.4 Å². The van der Waals surface area contributed by atoms with Crippen molar-refractivity contribution < 1.29 is 14.3 Å². The van der Waals surface area contributed by atoms with Crippen LogP contribution in [0.4, 0.5) is 0 Å². The average Bonchev–Trinajstić information content (AvgIpc) is 2.44. The summed E-state index contributed by atoms with van der Waals surface area (Å²) >= 11 is 0. The monoisotopic (exact) mass is 274 g/mol. The summed E-state index contributed by atoms with van der Waals surface area (Å²) < 4.78 is 5.23. The Labute approximate surface area is 120 Å². The second-order valence-corrected chi connectivity index (χ2v) is 5.54. The van der Waals surface area contributed by atoms with Crippen LogP contribution < -0.4 is 0 Å². The lowest BCUT2D eigenvalue weighted by Crippen LogP contribution is -2.43. The average molecular weight is 274 g/mol. The molecule has 0 amide bonds. The number of carbonyl (C=O) groups is 2. The number of benzene rings is 1. The van der Waals surface area contributed by atoms with Crippen LogP contribution in [-0.4, -0.2) is 17.9 Å². The second-order valence-electron chi connectivity index (χ2n) is 5.54. The number of carbonyl (C=O) groups excluding carboxylic acids is 2. The summed E-state index contributed by atoms with van der Waals surface area (Å²) in [6, 6.07) is 7.98. The number of unbranched alkanes of at least 4 members (excludes halogenated alkanes) is 2. The van der Waals surface area contributed by atoms with Crippen LogP contribution in [0.1, 0.15) is 56.1 Å². The first-order chi connectivity index (χ1) is 9.61. The Morgan fingerprint density at radius 1 is 1.25 bits per heavy atom. The molecule has 0 aliphatic heterocycles. The Morgan fingerprint density at radius 2 is 1.95 bits per heavy atom. The number of rotatable bonds is 6. The van der Waals surface area contributed by atoms with Crippen molar-refractivity contribution in [1.82, 2.24) is 0 Å². The molecule has 3 nitrogen and oxygen atoms in total. The zero-order valence-electron chi connectivity index (χ0n) is 12.2. The van der Waals surface area contributed by atoms with Gasteiger partial charge in [0.05, 0.1) is 5.92 Å². The molecule has 20 heavy (non-hydrogen) atoms. The molecule has 0 saturated heterocycles. The highest BCUT2D eigenvalue weighted by atomic mass is 16.5. The summed E-state index contributed by atoms with van der Waals surface area (Å²) in [6.45, 7) is 4.11. The molecule has 1 aromatic rings. The van der Waals surface area contributed by atoms with E-state index >= 15 is 0 Å². The third kappa shape index (κ3) is 3.47. The van der Waals surface area contributed by atoms with Gasteiger partial charge >= 0.3 is 5.97 Å². The van der Waals surface area contributed by atoms with Gasteiger partial charge in [0.25, 0.3) is 0 Å². The standard InChI is InChI=1S/C17H22O3/c1-3-4-5-6-16(18)20-15-11-14(17(15)19)13-9-7-12(2)8-10-13/h7-10,14-15H,3-6,11H2,1-2H3. The number of Topliss-reactive ketones (excluding diaryl/α,β-unsaturated/α-hetero) is 1. The molecule has 3 heteroatoms. The van der Waals surface area contributed by atoms with Gasteiger partial charge in [-0.25, -0.2) is 0 Å². The van der Waals surface area contributed by atoms with Gasteiger partial charge in [0.2, 0.25) is 0 Å². The Morgan fingerprint density at radius 3 is 2.55 bits per heavy atom. The minimum absolute atomic E-state index is 0.0395. The molecule has 2 rings (SSSR count). The summed E-state index contributed by atoms with van der Waals surface area (Å²) in [7, 11) is 0. The van der Waals surface area contributed by atoms with Gasteiger partial charge < -0.3 is 4.74 Å². The molecule has 0 spiro atoms. The normalized spacial score (nSPS) is 21.4. The van der Waals surface area contributed by atoms with E-state index in [9.17, 15) is 9.59 Å². The van der Waals surface area contributed by atoms with Gasteiger partial charge in [-0.2, -0.15) is 0 Å². The lowest BCUT2D eigenvalue weighted by atomic mass is 9.76. The molecule has 1 fully saturated rings. The van der Waals surface area contributed by atoms with Crippen molar-refractivity contribution in [3.63, 3.8) is 0 Å². The predicted octanol–water partition coefficient (Wildman–Crippen LogP) is 3.54. The van der Waals surface area contributed by atoms with E-state index in [1.54, 1.807) is 0 Å². The van der Waals surface area contributed by atoms with Gasteiger partial charge in [-0.3, -0.25) is 9.59 Å². The first-order valence-corrected chi connectivity index (χ1v) is 7.41. The zero-order valence-corrected chi connectivity index (χ0v) is 12.2. The zero-order chi connectivity index (χ0) is 14.5. The number of hydrogen-bond donors (Lipinski definition) is 0. The fraction of sp³-hybridized carbons (Fsp3) is 0.529. The highest BCUT2D eigenvalue weighted by Gasteiger charge is 2.42. The predicted molar refractivity (Wildman–Crippen MR) is 77.6 cm³/mol. The fourth-order valence-electron chi connectivity index (χ4n) is 2.45. The van der Waals surface area contributed by atoms with Crippen molar-refractivity contribution in [2.24, 2.45) is 0 Å². The van der Waals surface area contributed by atoms with Gasteiger partial charge in [-0.05, 0) is 18.9 Å². The van der Waals surface area contributed by atoms with Crippen molar-refractivity contribution in [1.29, 1.82) is 0 Å². The number of ether oxygens (including phenoxy) is 1. The van der Waals surface area contributed by atoms with Gasteiger partial charge in [0.1, 0.15) is 0 Å². The van der Waals surface area contributed by atoms with Crippen LogP contribution in [0.5, 0.6) is 0 Å². The van der Waals surface area contributed by atoms with E-state index in [2.05, 4.69) is 6.92 Å². The van der Waals surface area contributed by atoms with E-state index in [0.29, 0.717) is 12.8 Å². The molecule has 1 aliphatic rings. The summed E-state index contributed by atoms with van der Waals surface area (Å²) in [6.07, 6.45) is 3.48. The molecule has 1 saturated carbocycles. The summed E-state index contributed by atoms with van der Waals surface area (Å²) in [5.41, 5.74) is 2.21. The van der Waals surface area contributed by atoms with Crippen molar-refractivity contribution in [3.8, 4) is 0 Å². The van der Waals surface area contributed by atoms with E-state index < -0.39 is 6.10 Å². The first-order valence-electron chi connectivity index (χ1n) is 7.41. The molecule has 0 N–H and O–H groups in total. The smallest absolute Gasteiger partial charge is 0.306 e. The first kappa shape index (κ1) is 14.8. The maximum absolute atomic E-state index is 12.0. The molecule has 108 valence electrons. The molecule has 2 atom stereocenters. The molecule has 1 aromatic carbocycles. The van der Waals surface area contributed by atoms with Crippen LogP contribution in [-0.2, 0) is 14.3 Å². The SMILES string of the molecule is CCCCCC(=O)OC1CC(c2ccc(C)cc2)C1=O. The number of esters is 1. The van der Waals surface area contributed by atoms with Crippen molar-refractivity contribution >= 4 is 11.8 Å². The minimum Gasteiger partial charge on any atom is -0.454 e. The van der Waals surface area contributed by atoms with Crippen LogP contribution in [0.2, 0.25) is 0 Å². The lowest BCUT2D eigenvalue weighted by Gasteiger charge is -2.33. The summed E-state index contributed by atoms with van der Waals surface area (Å²) in [5.74, 6) is -0.291. The third-order valence-corrected chi connectivity index (χ3v) is 3.85. The highest BCUT2D eigenvalue weighted by Crippen LogP contribution is 2.35.